The van der Waals surface area contributed by atoms with E-state index in [2.05, 4.69) is 56.9 Å². The molecule has 1 aromatic heterocycles. The third-order valence-corrected chi connectivity index (χ3v) is 3.26. The van der Waals surface area contributed by atoms with Gasteiger partial charge in [-0.05, 0) is 6.07 Å². The molecule has 0 spiro atoms. The van der Waals surface area contributed by atoms with Crippen molar-refractivity contribution in [1.82, 2.24) is 4.98 Å². The molecular formula is C15H21NOSi. The van der Waals surface area contributed by atoms with Crippen LogP contribution in [0.25, 0.3) is 0 Å². The maximum absolute atomic E-state index is 11.1. The number of carbonyl (C=O) groups excluding carboxylic acids is 1. The van der Waals surface area contributed by atoms with Crippen LogP contribution >= 0.6 is 0 Å². The molecule has 0 aliphatic carbocycles. The predicted octanol–water partition coefficient (Wildman–Crippen LogP) is 3.42. The number of pyridine rings is 1. The van der Waals surface area contributed by atoms with Gasteiger partial charge in [-0.15, -0.1) is 5.54 Å². The summed E-state index contributed by atoms with van der Waals surface area (Å²) in [5, 5.41) is 0. The molecule has 1 heterocycles. The first-order valence-electron chi connectivity index (χ1n) is 6.13. The molecule has 0 aliphatic heterocycles. The highest BCUT2D eigenvalue weighted by Gasteiger charge is 2.21. The Kier molecular flexibility index (Phi) is 4.13. The van der Waals surface area contributed by atoms with Gasteiger partial charge >= 0.3 is 0 Å². The van der Waals surface area contributed by atoms with Crippen LogP contribution in [0.5, 0.6) is 0 Å². The highest BCUT2D eigenvalue weighted by Crippen LogP contribution is 2.24. The number of nitrogens with zero attached hydrogens (tertiary/aromatic N) is 1. The molecule has 0 amide bonds. The van der Waals surface area contributed by atoms with E-state index in [-0.39, 0.29) is 5.41 Å². The van der Waals surface area contributed by atoms with Gasteiger partial charge in [0.25, 0.3) is 0 Å². The second kappa shape index (κ2) is 5.07. The zero-order chi connectivity index (χ0) is 14.0. The first-order valence-corrected chi connectivity index (χ1v) is 9.63. The summed E-state index contributed by atoms with van der Waals surface area (Å²) in [5.41, 5.74) is 5.54. The fourth-order valence-electron chi connectivity index (χ4n) is 1.52. The zero-order valence-corrected chi connectivity index (χ0v) is 13.1. The minimum Gasteiger partial charge on any atom is -0.298 e. The highest BCUT2D eigenvalue weighted by atomic mass is 28.3. The second-order valence-corrected chi connectivity index (χ2v) is 11.2. The maximum Gasteiger partial charge on any atom is 0.151 e. The molecule has 0 bridgehead atoms. The Morgan fingerprint density at radius 2 is 1.89 bits per heavy atom. The second-order valence-electron chi connectivity index (χ2n) is 6.49. The third-order valence-electron chi connectivity index (χ3n) is 2.38. The number of aromatic nitrogens is 1. The van der Waals surface area contributed by atoms with Crippen molar-refractivity contribution >= 4 is 14.4 Å². The van der Waals surface area contributed by atoms with Crippen molar-refractivity contribution in [3.8, 4) is 11.5 Å². The molecule has 0 unspecified atom stereocenters. The van der Waals surface area contributed by atoms with E-state index in [1.807, 2.05) is 0 Å². The minimum absolute atomic E-state index is 0.109. The number of hydrogen-bond acceptors (Lipinski definition) is 2. The molecule has 0 aliphatic rings. The molecule has 0 aromatic carbocycles. The van der Waals surface area contributed by atoms with Crippen LogP contribution in [0.1, 0.15) is 42.4 Å². The normalized spacial score (nSPS) is 11.7. The van der Waals surface area contributed by atoms with Crippen molar-refractivity contribution in [2.75, 3.05) is 0 Å². The number of hydrogen-bond donors (Lipinski definition) is 0. The van der Waals surface area contributed by atoms with Gasteiger partial charge in [0.05, 0.1) is 11.3 Å². The van der Waals surface area contributed by atoms with E-state index in [0.717, 1.165) is 17.5 Å². The molecule has 0 saturated carbocycles. The summed E-state index contributed by atoms with van der Waals surface area (Å²) in [6.45, 7) is 12.8. The highest BCUT2D eigenvalue weighted by molar-refractivity contribution is 6.83. The number of aldehydes is 1. The number of rotatable bonds is 1. The van der Waals surface area contributed by atoms with Gasteiger partial charge in [0.15, 0.2) is 6.29 Å². The van der Waals surface area contributed by atoms with Gasteiger partial charge in [0, 0.05) is 17.2 Å². The molecule has 1 aromatic rings. The van der Waals surface area contributed by atoms with Gasteiger partial charge in [-0.25, -0.2) is 0 Å². The summed E-state index contributed by atoms with van der Waals surface area (Å²) >= 11 is 0. The lowest BCUT2D eigenvalue weighted by molar-refractivity contribution is 0.112. The summed E-state index contributed by atoms with van der Waals surface area (Å²) in [6, 6.07) is 1.73. The average molecular weight is 259 g/mol. The summed E-state index contributed by atoms with van der Waals surface area (Å²) in [6.07, 6.45) is 2.55. The van der Waals surface area contributed by atoms with Crippen molar-refractivity contribution in [1.29, 1.82) is 0 Å². The zero-order valence-electron chi connectivity index (χ0n) is 12.1. The van der Waals surface area contributed by atoms with Crippen LogP contribution in [0.3, 0.4) is 0 Å². The summed E-state index contributed by atoms with van der Waals surface area (Å²) in [7, 11) is -1.46. The topological polar surface area (TPSA) is 30.0 Å². The summed E-state index contributed by atoms with van der Waals surface area (Å²) in [4.78, 5) is 15.6. The van der Waals surface area contributed by atoms with Crippen molar-refractivity contribution < 1.29 is 4.79 Å². The fourth-order valence-corrected chi connectivity index (χ4v) is 2.02. The predicted molar refractivity (Wildman–Crippen MR) is 78.5 cm³/mol. The molecule has 0 saturated heterocycles. The van der Waals surface area contributed by atoms with Gasteiger partial charge < -0.3 is 0 Å². The Balaban J connectivity index is 3.47. The van der Waals surface area contributed by atoms with E-state index in [9.17, 15) is 4.79 Å². The first kappa shape index (κ1) is 14.7. The van der Waals surface area contributed by atoms with Crippen molar-refractivity contribution in [3.63, 3.8) is 0 Å². The lowest BCUT2D eigenvalue weighted by atomic mass is 9.87. The van der Waals surface area contributed by atoms with Gasteiger partial charge in [0.1, 0.15) is 8.07 Å². The molecule has 96 valence electrons. The quantitative estimate of drug-likeness (QED) is 0.439. The summed E-state index contributed by atoms with van der Waals surface area (Å²) in [5.74, 6) is 3.20. The molecule has 2 nitrogen and oxygen atoms in total. The Labute approximate surface area is 111 Å². The van der Waals surface area contributed by atoms with E-state index in [0.29, 0.717) is 5.56 Å². The molecule has 0 atom stereocenters. The minimum atomic E-state index is -1.46. The van der Waals surface area contributed by atoms with Crippen LogP contribution in [-0.2, 0) is 5.41 Å². The lowest BCUT2D eigenvalue weighted by Gasteiger charge is -2.20. The van der Waals surface area contributed by atoms with E-state index in [4.69, 9.17) is 0 Å². The van der Waals surface area contributed by atoms with Crippen molar-refractivity contribution in [2.24, 2.45) is 0 Å². The van der Waals surface area contributed by atoms with Gasteiger partial charge in [-0.1, -0.05) is 46.3 Å². The Bertz CT molecular complexity index is 510. The molecule has 0 radical (unpaired) electrons. The first-order chi connectivity index (χ1) is 8.15. The Morgan fingerprint density at radius 1 is 1.28 bits per heavy atom. The van der Waals surface area contributed by atoms with Gasteiger partial charge in [0.2, 0.25) is 0 Å². The Morgan fingerprint density at radius 3 is 2.33 bits per heavy atom. The smallest absolute Gasteiger partial charge is 0.151 e. The molecule has 3 heteroatoms. The van der Waals surface area contributed by atoms with Crippen LogP contribution in [-0.4, -0.2) is 19.3 Å². The standard InChI is InChI=1S/C15H21NOSi/c1-15(2,3)14-13(8-10-18(4,5)6)12(11-17)7-9-16-14/h7,9,11H,1-6H3. The van der Waals surface area contributed by atoms with E-state index >= 15 is 0 Å². The van der Waals surface area contributed by atoms with Crippen molar-refractivity contribution in [2.45, 2.75) is 45.8 Å². The monoisotopic (exact) mass is 259 g/mol. The molecule has 1 rings (SSSR count). The summed E-state index contributed by atoms with van der Waals surface area (Å²) < 4.78 is 0. The maximum atomic E-state index is 11.1. The number of carbonyl (C=O) groups is 1. The van der Waals surface area contributed by atoms with Crippen LogP contribution < -0.4 is 0 Å². The lowest BCUT2D eigenvalue weighted by Crippen LogP contribution is -2.19. The SMILES string of the molecule is CC(C)(C)c1nccc(C=O)c1C#C[Si](C)(C)C. The largest absolute Gasteiger partial charge is 0.298 e. The van der Waals surface area contributed by atoms with Crippen LogP contribution in [0.4, 0.5) is 0 Å². The van der Waals surface area contributed by atoms with Gasteiger partial charge in [-0.3, -0.25) is 9.78 Å². The van der Waals surface area contributed by atoms with Gasteiger partial charge in [-0.2, -0.15) is 0 Å². The van der Waals surface area contributed by atoms with Crippen LogP contribution in [0.2, 0.25) is 19.6 Å². The van der Waals surface area contributed by atoms with E-state index in [1.165, 1.54) is 0 Å². The molecular weight excluding hydrogens is 238 g/mol. The van der Waals surface area contributed by atoms with E-state index in [1.54, 1.807) is 12.3 Å². The molecule has 18 heavy (non-hydrogen) atoms. The third kappa shape index (κ3) is 3.81. The molecule has 0 fully saturated rings. The average Bonchev–Trinajstić information content (AvgIpc) is 2.23. The Hall–Kier alpha value is -1.40. The molecule has 0 N–H and O–H groups in total. The van der Waals surface area contributed by atoms with E-state index < -0.39 is 8.07 Å². The van der Waals surface area contributed by atoms with Crippen molar-refractivity contribution in [3.05, 3.63) is 29.1 Å². The van der Waals surface area contributed by atoms with Crippen LogP contribution in [0.15, 0.2) is 12.3 Å². The fraction of sp³-hybridized carbons (Fsp3) is 0.467. The van der Waals surface area contributed by atoms with Crippen LogP contribution in [0, 0.1) is 11.5 Å².